The molecule has 1 saturated heterocycles. The molecule has 186 valence electrons. The van der Waals surface area contributed by atoms with Crippen molar-refractivity contribution in [2.75, 3.05) is 26.2 Å². The Labute approximate surface area is 210 Å². The van der Waals surface area contributed by atoms with Crippen molar-refractivity contribution in [1.82, 2.24) is 15.1 Å². The van der Waals surface area contributed by atoms with E-state index in [1.54, 1.807) is 71.6 Å². The van der Waals surface area contributed by atoms with Crippen molar-refractivity contribution in [3.63, 3.8) is 0 Å². The molecule has 0 aliphatic carbocycles. The summed E-state index contributed by atoms with van der Waals surface area (Å²) in [5, 5.41) is 0.643. The highest BCUT2D eigenvalue weighted by molar-refractivity contribution is 7.92. The molecule has 4 rings (SSSR count). The Morgan fingerprint density at radius 1 is 0.722 bits per heavy atom. The second kappa shape index (κ2) is 10.7. The van der Waals surface area contributed by atoms with E-state index in [9.17, 15) is 22.8 Å². The quantitative estimate of drug-likeness (QED) is 0.555. The summed E-state index contributed by atoms with van der Waals surface area (Å²) in [6, 6.07) is 23.1. The Kier molecular flexibility index (Phi) is 7.49. The first-order valence-corrected chi connectivity index (χ1v) is 13.1. The molecule has 0 bridgehead atoms. The lowest BCUT2D eigenvalue weighted by Crippen LogP contribution is -2.57. The topological polar surface area (TPSA) is 104 Å². The van der Waals surface area contributed by atoms with Crippen LogP contribution in [0.1, 0.15) is 26.3 Å². The van der Waals surface area contributed by atoms with Gasteiger partial charge in [-0.05, 0) is 43.3 Å². The minimum Gasteiger partial charge on any atom is -0.336 e. The zero-order valence-electron chi connectivity index (χ0n) is 19.8. The van der Waals surface area contributed by atoms with E-state index in [2.05, 4.69) is 5.32 Å². The molecular weight excluding hydrogens is 478 g/mol. The van der Waals surface area contributed by atoms with Crippen LogP contribution in [0.25, 0.3) is 0 Å². The number of nitrogens with one attached hydrogen (secondary N) is 1. The number of carbonyl (C=O) groups excluding carboxylic acids is 3. The first-order chi connectivity index (χ1) is 17.3. The number of hydrogen-bond acceptors (Lipinski definition) is 5. The summed E-state index contributed by atoms with van der Waals surface area (Å²) in [5.41, 5.74) is 1.66. The van der Waals surface area contributed by atoms with E-state index in [4.69, 9.17) is 0 Å². The third-order valence-electron chi connectivity index (χ3n) is 6.08. The highest BCUT2D eigenvalue weighted by Gasteiger charge is 2.39. The van der Waals surface area contributed by atoms with E-state index in [1.807, 2.05) is 13.0 Å². The minimum atomic E-state index is -4.25. The van der Waals surface area contributed by atoms with Crippen molar-refractivity contribution in [2.24, 2.45) is 0 Å². The van der Waals surface area contributed by atoms with Gasteiger partial charge in [0.15, 0.2) is 0 Å². The molecule has 1 N–H and O–H groups in total. The van der Waals surface area contributed by atoms with Gasteiger partial charge in [0.25, 0.3) is 17.7 Å². The maximum absolute atomic E-state index is 13.5. The van der Waals surface area contributed by atoms with Crippen LogP contribution < -0.4 is 5.32 Å². The standard InChI is InChI=1S/C27H27N3O5S/c1-20-12-14-23(15-13-20)36(34,35)25(28-24(31)21-8-4-2-5-9-21)27(33)30-18-16-29(17-19-30)26(32)22-10-6-3-7-11-22/h2-15,25H,16-19H2,1H3,(H,28,31)/t25-/m1/s1. The van der Waals surface area contributed by atoms with Crippen LogP contribution in [0.2, 0.25) is 0 Å². The van der Waals surface area contributed by atoms with Gasteiger partial charge in [-0.2, -0.15) is 0 Å². The van der Waals surface area contributed by atoms with Crippen LogP contribution in [0.3, 0.4) is 0 Å². The van der Waals surface area contributed by atoms with E-state index >= 15 is 0 Å². The summed E-state index contributed by atoms with van der Waals surface area (Å²) in [7, 11) is -4.25. The predicted octanol–water partition coefficient (Wildman–Crippen LogP) is 2.51. The molecule has 1 heterocycles. The Balaban J connectivity index is 1.55. The van der Waals surface area contributed by atoms with Crippen molar-refractivity contribution in [3.8, 4) is 0 Å². The van der Waals surface area contributed by atoms with Gasteiger partial charge in [-0.25, -0.2) is 8.42 Å². The molecule has 1 aliphatic heterocycles. The number of hydrogen-bond donors (Lipinski definition) is 1. The number of rotatable bonds is 6. The molecule has 0 saturated carbocycles. The third-order valence-corrected chi connectivity index (χ3v) is 7.95. The molecule has 0 spiro atoms. The monoisotopic (exact) mass is 505 g/mol. The number of aryl methyl sites for hydroxylation is 1. The Morgan fingerprint density at radius 2 is 1.22 bits per heavy atom. The highest BCUT2D eigenvalue weighted by Crippen LogP contribution is 2.19. The average molecular weight is 506 g/mol. The van der Waals surface area contributed by atoms with Crippen molar-refractivity contribution in [1.29, 1.82) is 0 Å². The van der Waals surface area contributed by atoms with Gasteiger partial charge in [0.1, 0.15) is 0 Å². The fourth-order valence-corrected chi connectivity index (χ4v) is 5.45. The summed E-state index contributed by atoms with van der Waals surface area (Å²) >= 11 is 0. The molecule has 1 aliphatic rings. The van der Waals surface area contributed by atoms with Gasteiger partial charge < -0.3 is 15.1 Å². The molecule has 1 fully saturated rings. The van der Waals surface area contributed by atoms with Crippen molar-refractivity contribution in [2.45, 2.75) is 17.2 Å². The van der Waals surface area contributed by atoms with Crippen molar-refractivity contribution >= 4 is 27.6 Å². The first-order valence-electron chi connectivity index (χ1n) is 11.6. The lowest BCUT2D eigenvalue weighted by molar-refractivity contribution is -0.132. The van der Waals surface area contributed by atoms with Gasteiger partial charge in [0, 0.05) is 37.3 Å². The summed E-state index contributed by atoms with van der Waals surface area (Å²) in [6.07, 6.45) is 0. The van der Waals surface area contributed by atoms with Crippen LogP contribution in [-0.4, -0.2) is 67.5 Å². The Bertz CT molecular complexity index is 1340. The van der Waals surface area contributed by atoms with Crippen LogP contribution in [0.15, 0.2) is 89.8 Å². The van der Waals surface area contributed by atoms with Crippen LogP contribution in [0.5, 0.6) is 0 Å². The van der Waals surface area contributed by atoms with Gasteiger partial charge in [0.2, 0.25) is 15.2 Å². The molecule has 8 nitrogen and oxygen atoms in total. The Hall–Kier alpha value is -3.98. The first kappa shape index (κ1) is 25.1. The highest BCUT2D eigenvalue weighted by atomic mass is 32.2. The normalized spacial score (nSPS) is 14.7. The van der Waals surface area contributed by atoms with Crippen LogP contribution >= 0.6 is 0 Å². The molecule has 3 aromatic carbocycles. The fourth-order valence-electron chi connectivity index (χ4n) is 3.99. The van der Waals surface area contributed by atoms with E-state index in [-0.39, 0.29) is 42.5 Å². The SMILES string of the molecule is Cc1ccc(S(=O)(=O)[C@@H](NC(=O)c2ccccc2)C(=O)N2CCN(C(=O)c3ccccc3)CC2)cc1. The molecular formula is C27H27N3O5S. The van der Waals surface area contributed by atoms with Crippen molar-refractivity contribution < 1.29 is 22.8 Å². The molecule has 9 heteroatoms. The van der Waals surface area contributed by atoms with E-state index in [0.717, 1.165) is 5.56 Å². The number of nitrogens with zero attached hydrogens (tertiary/aromatic N) is 2. The summed E-state index contributed by atoms with van der Waals surface area (Å²) < 4.78 is 27.1. The maximum atomic E-state index is 13.5. The molecule has 3 amide bonds. The van der Waals surface area contributed by atoms with Gasteiger partial charge in [-0.3, -0.25) is 14.4 Å². The molecule has 0 aromatic heterocycles. The summed E-state index contributed by atoms with van der Waals surface area (Å²) in [6.45, 7) is 2.64. The Morgan fingerprint density at radius 3 is 1.78 bits per heavy atom. The summed E-state index contributed by atoms with van der Waals surface area (Å²) in [4.78, 5) is 42.1. The van der Waals surface area contributed by atoms with E-state index < -0.39 is 27.0 Å². The van der Waals surface area contributed by atoms with Gasteiger partial charge in [-0.15, -0.1) is 0 Å². The maximum Gasteiger partial charge on any atom is 0.261 e. The lowest BCUT2D eigenvalue weighted by Gasteiger charge is -2.36. The van der Waals surface area contributed by atoms with E-state index in [1.165, 1.54) is 17.0 Å². The molecule has 36 heavy (non-hydrogen) atoms. The number of amides is 3. The number of carbonyl (C=O) groups is 3. The zero-order chi connectivity index (χ0) is 25.7. The second-order valence-electron chi connectivity index (χ2n) is 8.56. The van der Waals surface area contributed by atoms with Crippen LogP contribution in [0, 0.1) is 6.92 Å². The summed E-state index contributed by atoms with van der Waals surface area (Å²) in [5.74, 6) is -1.54. The number of piperazine rings is 1. The molecule has 0 unspecified atom stereocenters. The predicted molar refractivity (Wildman–Crippen MR) is 135 cm³/mol. The van der Waals surface area contributed by atoms with E-state index in [0.29, 0.717) is 5.56 Å². The third kappa shape index (κ3) is 5.46. The van der Waals surface area contributed by atoms with Gasteiger partial charge in [0.05, 0.1) is 4.90 Å². The zero-order valence-corrected chi connectivity index (χ0v) is 20.6. The average Bonchev–Trinajstić information content (AvgIpc) is 2.92. The van der Waals surface area contributed by atoms with Gasteiger partial charge in [-0.1, -0.05) is 54.1 Å². The fraction of sp³-hybridized carbons (Fsp3) is 0.222. The second-order valence-corrected chi connectivity index (χ2v) is 10.6. The lowest BCUT2D eigenvalue weighted by atomic mass is 10.2. The number of benzene rings is 3. The van der Waals surface area contributed by atoms with Gasteiger partial charge >= 0.3 is 0 Å². The van der Waals surface area contributed by atoms with Crippen LogP contribution in [0.4, 0.5) is 0 Å². The molecule has 0 radical (unpaired) electrons. The minimum absolute atomic E-state index is 0.0577. The largest absolute Gasteiger partial charge is 0.336 e. The van der Waals surface area contributed by atoms with Crippen molar-refractivity contribution in [3.05, 3.63) is 102 Å². The number of sulfone groups is 1. The molecule has 3 aromatic rings. The smallest absolute Gasteiger partial charge is 0.261 e. The molecule has 1 atom stereocenters. The van der Waals surface area contributed by atoms with Crippen LogP contribution in [-0.2, 0) is 14.6 Å².